The number of nitrogens with zero attached hydrogens (tertiary/aromatic N) is 5. The van der Waals surface area contributed by atoms with E-state index in [1.807, 2.05) is 49.4 Å². The maximum atomic E-state index is 12.8. The average molecular weight is 463 g/mol. The van der Waals surface area contributed by atoms with Gasteiger partial charge in [0.05, 0.1) is 28.8 Å². The van der Waals surface area contributed by atoms with Crippen molar-refractivity contribution in [3.63, 3.8) is 0 Å². The van der Waals surface area contributed by atoms with Gasteiger partial charge in [0.25, 0.3) is 0 Å². The van der Waals surface area contributed by atoms with Crippen LogP contribution >= 0.6 is 0 Å². The highest BCUT2D eigenvalue weighted by atomic mass is 16.1. The molecule has 35 heavy (non-hydrogen) atoms. The molecule has 5 rings (SSSR count). The molecule has 0 fully saturated rings. The second-order valence-electron chi connectivity index (χ2n) is 8.19. The molecule has 3 heterocycles. The van der Waals surface area contributed by atoms with Crippen LogP contribution in [-0.4, -0.2) is 36.4 Å². The predicted molar refractivity (Wildman–Crippen MR) is 133 cm³/mol. The van der Waals surface area contributed by atoms with Crippen molar-refractivity contribution in [2.45, 2.75) is 20.3 Å². The van der Waals surface area contributed by atoms with Crippen LogP contribution in [0.25, 0.3) is 28.1 Å². The Bertz CT molecular complexity index is 1570. The number of carbonyl (C=O) groups excluding carboxylic acids is 2. The van der Waals surface area contributed by atoms with Gasteiger partial charge in [-0.2, -0.15) is 5.10 Å². The number of fused-ring (bicyclic) bond motifs is 1. The Morgan fingerprint density at radius 2 is 1.71 bits per heavy atom. The van der Waals surface area contributed by atoms with Crippen LogP contribution in [0.2, 0.25) is 0 Å². The van der Waals surface area contributed by atoms with Crippen molar-refractivity contribution in [1.82, 2.24) is 24.7 Å². The Labute approximate surface area is 201 Å². The van der Waals surface area contributed by atoms with Gasteiger partial charge >= 0.3 is 0 Å². The Hall–Kier alpha value is -4.72. The second kappa shape index (κ2) is 9.26. The summed E-state index contributed by atoms with van der Waals surface area (Å²) in [6.45, 7) is 3.41. The number of aromatic nitrogens is 5. The molecule has 0 spiro atoms. The van der Waals surface area contributed by atoms with Gasteiger partial charge in [-0.25, -0.2) is 9.67 Å². The van der Waals surface area contributed by atoms with E-state index in [9.17, 15) is 9.59 Å². The first-order valence-electron chi connectivity index (χ1n) is 11.1. The first-order valence-corrected chi connectivity index (χ1v) is 11.1. The maximum absolute atomic E-state index is 12.8. The number of amides is 1. The lowest BCUT2D eigenvalue weighted by atomic mass is 10.1. The van der Waals surface area contributed by atoms with Crippen LogP contribution in [0.3, 0.4) is 0 Å². The largest absolute Gasteiger partial charge is 0.326 e. The number of anilines is 1. The molecule has 2 aromatic carbocycles. The molecule has 5 aromatic rings. The van der Waals surface area contributed by atoms with Crippen LogP contribution in [0.4, 0.5) is 5.69 Å². The highest BCUT2D eigenvalue weighted by Crippen LogP contribution is 2.26. The van der Waals surface area contributed by atoms with Crippen LogP contribution in [0.1, 0.15) is 28.7 Å². The minimum Gasteiger partial charge on any atom is -0.326 e. The number of rotatable bonds is 6. The molecule has 1 N–H and O–H groups in total. The van der Waals surface area contributed by atoms with Crippen LogP contribution in [0, 0.1) is 6.92 Å². The van der Waals surface area contributed by atoms with Crippen molar-refractivity contribution in [1.29, 1.82) is 0 Å². The van der Waals surface area contributed by atoms with Gasteiger partial charge in [0.2, 0.25) is 5.91 Å². The molecule has 0 aliphatic carbocycles. The molecular formula is C27H22N6O2. The standard InChI is InChI=1S/C27H22N6O2/c1-17-5-3-8-26(30-17)33-25(20-9-10-23-24(14-20)29-12-11-28-23)15-22(32-33)16-27(35)31-21-7-4-6-19(13-21)18(2)34/h3-15H,16H2,1-2H3,(H,31,35). The number of hydrogen-bond acceptors (Lipinski definition) is 6. The summed E-state index contributed by atoms with van der Waals surface area (Å²) < 4.78 is 1.74. The molecule has 172 valence electrons. The van der Waals surface area contributed by atoms with Gasteiger partial charge in [-0.3, -0.25) is 19.6 Å². The fraction of sp³-hybridized carbons (Fsp3) is 0.111. The van der Waals surface area contributed by atoms with Crippen molar-refractivity contribution in [2.75, 3.05) is 5.32 Å². The lowest BCUT2D eigenvalue weighted by Crippen LogP contribution is -2.15. The third-order valence-corrected chi connectivity index (χ3v) is 5.51. The minimum atomic E-state index is -0.233. The zero-order chi connectivity index (χ0) is 24.4. The smallest absolute Gasteiger partial charge is 0.230 e. The molecule has 0 radical (unpaired) electrons. The Kier molecular flexibility index (Phi) is 5.85. The maximum Gasteiger partial charge on any atom is 0.230 e. The van der Waals surface area contributed by atoms with Crippen LogP contribution < -0.4 is 5.32 Å². The average Bonchev–Trinajstić information content (AvgIpc) is 3.27. The van der Waals surface area contributed by atoms with Crippen LogP contribution in [0.15, 0.2) is 79.1 Å². The van der Waals surface area contributed by atoms with Gasteiger partial charge in [-0.1, -0.05) is 24.3 Å². The van der Waals surface area contributed by atoms with Crippen LogP contribution in [0.5, 0.6) is 0 Å². The molecule has 1 amide bonds. The van der Waals surface area contributed by atoms with E-state index < -0.39 is 0 Å². The molecular weight excluding hydrogens is 440 g/mol. The van der Waals surface area contributed by atoms with E-state index in [1.54, 1.807) is 41.3 Å². The first kappa shape index (κ1) is 22.1. The summed E-state index contributed by atoms with van der Waals surface area (Å²) in [4.78, 5) is 37.8. The molecule has 0 saturated carbocycles. The lowest BCUT2D eigenvalue weighted by Gasteiger charge is -2.08. The van der Waals surface area contributed by atoms with E-state index in [4.69, 9.17) is 5.10 Å². The van der Waals surface area contributed by atoms with E-state index in [1.165, 1.54) is 6.92 Å². The van der Waals surface area contributed by atoms with Crippen molar-refractivity contribution in [2.24, 2.45) is 0 Å². The van der Waals surface area contributed by atoms with E-state index in [-0.39, 0.29) is 18.1 Å². The first-order chi connectivity index (χ1) is 17.0. The molecule has 0 atom stereocenters. The van der Waals surface area contributed by atoms with E-state index >= 15 is 0 Å². The third-order valence-electron chi connectivity index (χ3n) is 5.51. The van der Waals surface area contributed by atoms with E-state index in [0.29, 0.717) is 22.8 Å². The van der Waals surface area contributed by atoms with E-state index in [0.717, 1.165) is 28.0 Å². The number of carbonyl (C=O) groups is 2. The van der Waals surface area contributed by atoms with Gasteiger partial charge in [0.1, 0.15) is 0 Å². The molecule has 0 aliphatic heterocycles. The summed E-state index contributed by atoms with van der Waals surface area (Å²) in [5.41, 5.74) is 5.78. The summed E-state index contributed by atoms with van der Waals surface area (Å²) in [6.07, 6.45) is 3.37. The Morgan fingerprint density at radius 1 is 0.914 bits per heavy atom. The minimum absolute atomic E-state index is 0.0590. The molecule has 0 unspecified atom stereocenters. The Balaban J connectivity index is 1.49. The van der Waals surface area contributed by atoms with Gasteiger partial charge in [-0.05, 0) is 56.3 Å². The summed E-state index contributed by atoms with van der Waals surface area (Å²) in [6, 6.07) is 20.3. The molecule has 0 saturated heterocycles. The fourth-order valence-corrected chi connectivity index (χ4v) is 3.85. The van der Waals surface area contributed by atoms with Gasteiger partial charge in [-0.15, -0.1) is 0 Å². The highest BCUT2D eigenvalue weighted by Gasteiger charge is 2.16. The summed E-state index contributed by atoms with van der Waals surface area (Å²) in [7, 11) is 0. The number of aryl methyl sites for hydroxylation is 1. The normalized spacial score (nSPS) is 10.9. The van der Waals surface area contributed by atoms with Gasteiger partial charge < -0.3 is 5.32 Å². The Morgan fingerprint density at radius 3 is 2.51 bits per heavy atom. The zero-order valence-corrected chi connectivity index (χ0v) is 19.3. The highest BCUT2D eigenvalue weighted by molar-refractivity contribution is 5.97. The van der Waals surface area contributed by atoms with Gasteiger partial charge in [0, 0.05) is 34.9 Å². The van der Waals surface area contributed by atoms with Crippen molar-refractivity contribution >= 4 is 28.4 Å². The van der Waals surface area contributed by atoms with Crippen LogP contribution in [-0.2, 0) is 11.2 Å². The summed E-state index contributed by atoms with van der Waals surface area (Å²) in [5, 5.41) is 7.56. The predicted octanol–water partition coefficient (Wildman–Crippen LogP) is 4.57. The molecule has 3 aromatic heterocycles. The van der Waals surface area contributed by atoms with Crippen molar-refractivity contribution < 1.29 is 9.59 Å². The summed E-state index contributed by atoms with van der Waals surface area (Å²) >= 11 is 0. The quantitative estimate of drug-likeness (QED) is 0.371. The van der Waals surface area contributed by atoms with Crippen molar-refractivity contribution in [3.05, 3.63) is 96.1 Å². The van der Waals surface area contributed by atoms with Gasteiger partial charge in [0.15, 0.2) is 11.6 Å². The number of benzene rings is 2. The van der Waals surface area contributed by atoms with Crippen molar-refractivity contribution in [3.8, 4) is 17.1 Å². The van der Waals surface area contributed by atoms with E-state index in [2.05, 4.69) is 20.3 Å². The lowest BCUT2D eigenvalue weighted by molar-refractivity contribution is -0.115. The number of hydrogen-bond donors (Lipinski definition) is 1. The second-order valence-corrected chi connectivity index (χ2v) is 8.19. The topological polar surface area (TPSA) is 103 Å². The third kappa shape index (κ3) is 4.81. The fourth-order valence-electron chi connectivity index (χ4n) is 3.85. The molecule has 8 nitrogen and oxygen atoms in total. The molecule has 0 bridgehead atoms. The number of pyridine rings is 1. The number of ketones is 1. The summed E-state index contributed by atoms with van der Waals surface area (Å²) in [5.74, 6) is 0.360. The number of Topliss-reactive ketones (excluding diaryl/α,β-unsaturated/α-hetero) is 1. The molecule has 0 aliphatic rings. The zero-order valence-electron chi connectivity index (χ0n) is 19.3. The SMILES string of the molecule is CC(=O)c1cccc(NC(=O)Cc2cc(-c3ccc4nccnc4c3)n(-c3cccc(C)n3)n2)c1. The monoisotopic (exact) mass is 462 g/mol. The number of nitrogens with one attached hydrogen (secondary N) is 1. The molecule has 8 heteroatoms.